The molecule has 35 heavy (non-hydrogen) atoms. The first-order chi connectivity index (χ1) is 17.0. The molecule has 0 fully saturated rings. The summed E-state index contributed by atoms with van der Waals surface area (Å²) < 4.78 is 23.4. The number of hydrogen-bond donors (Lipinski definition) is 1. The van der Waals surface area contributed by atoms with E-state index in [0.717, 1.165) is 5.69 Å². The molecule has 0 aliphatic rings. The number of anilines is 1. The number of nitrogens with one attached hydrogen (secondary N) is 1. The number of aryl methyl sites for hydroxylation is 1. The van der Waals surface area contributed by atoms with Gasteiger partial charge in [0.15, 0.2) is 5.82 Å². The standard InChI is InChI=1S/C23H28N8O3S/c1-14(17-12-25-20(34-6)13-24-17)15(2)35-29-23-27-26-22(16-10-11-30(3)28-16)31(23)21-18(32-4)8-7-9-19(21)33-5/h7-15H,1-6H3,(H,27,29). The highest BCUT2D eigenvalue weighted by Crippen LogP contribution is 2.38. The lowest BCUT2D eigenvalue weighted by atomic mass is 10.1. The molecule has 11 nitrogen and oxygen atoms in total. The Morgan fingerprint density at radius 1 is 0.943 bits per heavy atom. The van der Waals surface area contributed by atoms with Crippen LogP contribution in [-0.2, 0) is 7.05 Å². The Labute approximate surface area is 208 Å². The molecule has 0 amide bonds. The average Bonchev–Trinajstić information content (AvgIpc) is 3.51. The van der Waals surface area contributed by atoms with Gasteiger partial charge in [-0.1, -0.05) is 19.9 Å². The minimum absolute atomic E-state index is 0.110. The molecule has 4 rings (SSSR count). The number of ether oxygens (including phenoxy) is 3. The van der Waals surface area contributed by atoms with Crippen molar-refractivity contribution in [3.8, 4) is 34.6 Å². The highest BCUT2D eigenvalue weighted by atomic mass is 32.2. The topological polar surface area (TPSA) is 114 Å². The zero-order chi connectivity index (χ0) is 24.9. The number of methoxy groups -OCH3 is 3. The van der Waals surface area contributed by atoms with Crippen LogP contribution in [0.1, 0.15) is 25.5 Å². The summed E-state index contributed by atoms with van der Waals surface area (Å²) in [7, 11) is 6.66. The monoisotopic (exact) mass is 496 g/mol. The largest absolute Gasteiger partial charge is 0.494 e. The Hall–Kier alpha value is -3.80. The van der Waals surface area contributed by atoms with E-state index in [1.165, 1.54) is 11.9 Å². The first-order valence-corrected chi connectivity index (χ1v) is 11.8. The molecule has 2 unspecified atom stereocenters. The molecule has 0 bridgehead atoms. The van der Waals surface area contributed by atoms with Crippen LogP contribution in [0.5, 0.6) is 17.4 Å². The Morgan fingerprint density at radius 2 is 1.69 bits per heavy atom. The second-order valence-electron chi connectivity index (χ2n) is 7.77. The lowest BCUT2D eigenvalue weighted by molar-refractivity contribution is 0.391. The maximum atomic E-state index is 5.66. The van der Waals surface area contributed by atoms with Gasteiger partial charge < -0.3 is 14.2 Å². The molecule has 3 aromatic heterocycles. The van der Waals surface area contributed by atoms with Crippen LogP contribution in [-0.4, -0.2) is 61.1 Å². The van der Waals surface area contributed by atoms with Crippen molar-refractivity contribution >= 4 is 17.9 Å². The van der Waals surface area contributed by atoms with Crippen molar-refractivity contribution in [2.75, 3.05) is 26.1 Å². The summed E-state index contributed by atoms with van der Waals surface area (Å²) >= 11 is 1.51. The molecule has 0 aliphatic heterocycles. The van der Waals surface area contributed by atoms with Gasteiger partial charge in [-0.3, -0.25) is 19.0 Å². The van der Waals surface area contributed by atoms with Gasteiger partial charge in [0.1, 0.15) is 22.9 Å². The van der Waals surface area contributed by atoms with Crippen LogP contribution in [0, 0.1) is 0 Å². The van der Waals surface area contributed by atoms with Crippen molar-refractivity contribution in [1.29, 1.82) is 0 Å². The predicted octanol–water partition coefficient (Wildman–Crippen LogP) is 3.74. The van der Waals surface area contributed by atoms with Gasteiger partial charge in [-0.25, -0.2) is 4.98 Å². The van der Waals surface area contributed by atoms with Gasteiger partial charge in [0.05, 0.1) is 39.4 Å². The summed E-state index contributed by atoms with van der Waals surface area (Å²) in [4.78, 5) is 8.75. The van der Waals surface area contributed by atoms with Gasteiger partial charge in [0, 0.05) is 24.4 Å². The molecule has 1 aromatic carbocycles. The highest BCUT2D eigenvalue weighted by molar-refractivity contribution is 8.01. The lowest BCUT2D eigenvalue weighted by Gasteiger charge is -2.20. The zero-order valence-corrected chi connectivity index (χ0v) is 21.3. The molecule has 0 spiro atoms. The molecular formula is C23H28N8O3S. The molecular weight excluding hydrogens is 468 g/mol. The minimum atomic E-state index is 0.110. The van der Waals surface area contributed by atoms with Crippen molar-refractivity contribution < 1.29 is 14.2 Å². The van der Waals surface area contributed by atoms with Crippen molar-refractivity contribution in [2.45, 2.75) is 25.0 Å². The van der Waals surface area contributed by atoms with E-state index in [2.05, 4.69) is 43.8 Å². The summed E-state index contributed by atoms with van der Waals surface area (Å²) in [5.74, 6) is 2.89. The Bertz CT molecular complexity index is 1250. The van der Waals surface area contributed by atoms with Crippen LogP contribution in [0.4, 0.5) is 5.95 Å². The summed E-state index contributed by atoms with van der Waals surface area (Å²) in [6.07, 6.45) is 5.22. The maximum absolute atomic E-state index is 5.66. The molecule has 2 atom stereocenters. The summed E-state index contributed by atoms with van der Waals surface area (Å²) in [5, 5.41) is 13.5. The molecule has 12 heteroatoms. The molecule has 0 saturated carbocycles. The summed E-state index contributed by atoms with van der Waals surface area (Å²) in [6.45, 7) is 4.21. The fourth-order valence-electron chi connectivity index (χ4n) is 3.47. The van der Waals surface area contributed by atoms with E-state index in [-0.39, 0.29) is 11.2 Å². The third-order valence-corrected chi connectivity index (χ3v) is 6.68. The number of hydrogen-bond acceptors (Lipinski definition) is 10. The SMILES string of the molecule is COc1cnc(C(C)C(C)SNc2nnc(-c3ccn(C)n3)n2-c2c(OC)cccc2OC)cn1. The third-order valence-electron chi connectivity index (χ3n) is 5.60. The fourth-order valence-corrected chi connectivity index (χ4v) is 4.24. The highest BCUT2D eigenvalue weighted by Gasteiger charge is 2.25. The number of nitrogens with zero attached hydrogens (tertiary/aromatic N) is 7. The van der Waals surface area contributed by atoms with Gasteiger partial charge in [-0.2, -0.15) is 5.10 Å². The molecule has 0 aliphatic carbocycles. The normalized spacial score (nSPS) is 12.7. The van der Waals surface area contributed by atoms with Crippen LogP contribution in [0.25, 0.3) is 17.2 Å². The van der Waals surface area contributed by atoms with Crippen molar-refractivity contribution in [3.05, 3.63) is 48.5 Å². The minimum Gasteiger partial charge on any atom is -0.494 e. The van der Waals surface area contributed by atoms with Crippen LogP contribution >= 0.6 is 11.9 Å². The first kappa shape index (κ1) is 24.3. The second-order valence-corrected chi connectivity index (χ2v) is 8.95. The van der Waals surface area contributed by atoms with Crippen LogP contribution in [0.3, 0.4) is 0 Å². The average molecular weight is 497 g/mol. The molecule has 1 N–H and O–H groups in total. The number of benzene rings is 1. The lowest BCUT2D eigenvalue weighted by Crippen LogP contribution is -2.14. The van der Waals surface area contributed by atoms with E-state index in [4.69, 9.17) is 14.2 Å². The molecule has 184 valence electrons. The van der Waals surface area contributed by atoms with Crippen molar-refractivity contribution in [3.63, 3.8) is 0 Å². The number of rotatable bonds is 10. The molecule has 0 radical (unpaired) electrons. The van der Waals surface area contributed by atoms with Gasteiger partial charge >= 0.3 is 0 Å². The Balaban J connectivity index is 1.68. The Morgan fingerprint density at radius 3 is 2.26 bits per heavy atom. The van der Waals surface area contributed by atoms with Gasteiger partial charge in [-0.15, -0.1) is 10.2 Å². The Kier molecular flexibility index (Phi) is 7.39. The molecule has 3 heterocycles. The quantitative estimate of drug-likeness (QED) is 0.326. The fraction of sp³-hybridized carbons (Fsp3) is 0.348. The van der Waals surface area contributed by atoms with Crippen LogP contribution < -0.4 is 18.9 Å². The molecule has 0 saturated heterocycles. The van der Waals surface area contributed by atoms with E-state index in [9.17, 15) is 0 Å². The smallest absolute Gasteiger partial charge is 0.239 e. The summed E-state index contributed by atoms with van der Waals surface area (Å²) in [5.41, 5.74) is 2.21. The molecule has 4 aromatic rings. The van der Waals surface area contributed by atoms with E-state index >= 15 is 0 Å². The first-order valence-electron chi connectivity index (χ1n) is 10.9. The zero-order valence-electron chi connectivity index (χ0n) is 20.5. The van der Waals surface area contributed by atoms with Gasteiger partial charge in [0.2, 0.25) is 11.8 Å². The van der Waals surface area contributed by atoms with E-state index < -0.39 is 0 Å². The third kappa shape index (κ3) is 5.02. The summed E-state index contributed by atoms with van der Waals surface area (Å²) in [6, 6.07) is 7.48. The van der Waals surface area contributed by atoms with Gasteiger partial charge in [-0.05, 0) is 30.1 Å². The van der Waals surface area contributed by atoms with E-state index in [1.54, 1.807) is 38.4 Å². The maximum Gasteiger partial charge on any atom is 0.239 e. The van der Waals surface area contributed by atoms with Gasteiger partial charge in [0.25, 0.3) is 0 Å². The van der Waals surface area contributed by atoms with Crippen molar-refractivity contribution in [2.24, 2.45) is 7.05 Å². The van der Waals surface area contributed by atoms with Crippen molar-refractivity contribution in [1.82, 2.24) is 34.5 Å². The van der Waals surface area contributed by atoms with E-state index in [0.29, 0.717) is 40.5 Å². The second kappa shape index (κ2) is 10.6. The number of para-hydroxylation sites is 1. The van der Waals surface area contributed by atoms with E-state index in [1.807, 2.05) is 42.1 Å². The number of aromatic nitrogens is 7. The van der Waals surface area contributed by atoms with Crippen LogP contribution in [0.2, 0.25) is 0 Å². The predicted molar refractivity (Wildman–Crippen MR) is 134 cm³/mol. The van der Waals surface area contributed by atoms with Crippen LogP contribution in [0.15, 0.2) is 42.9 Å².